The van der Waals surface area contributed by atoms with E-state index >= 15 is 8.78 Å². The second kappa shape index (κ2) is 10.9. The third-order valence-electron chi connectivity index (χ3n) is 7.07. The molecule has 0 radical (unpaired) electrons. The first kappa shape index (κ1) is 28.8. The minimum absolute atomic E-state index is 0.0661. The smallest absolute Gasteiger partial charge is 0.382 e. The number of ether oxygens (including phenoxy) is 2. The summed E-state index contributed by atoms with van der Waals surface area (Å²) in [6.45, 7) is -5.35. The van der Waals surface area contributed by atoms with Gasteiger partial charge >= 0.3 is 15.0 Å². The van der Waals surface area contributed by atoms with Crippen molar-refractivity contribution in [3.63, 3.8) is 0 Å². The topological polar surface area (TPSA) is 232 Å². The van der Waals surface area contributed by atoms with E-state index in [1.165, 1.54) is 34.4 Å². The molecule has 0 saturated carbocycles. The second-order valence-corrected chi connectivity index (χ2v) is 13.3. The summed E-state index contributed by atoms with van der Waals surface area (Å²) < 4.78 is 80.4. The van der Waals surface area contributed by atoms with Gasteiger partial charge in [0.15, 0.2) is 53.8 Å². The number of halogens is 2. The Bertz CT molecular complexity index is 1770. The lowest BCUT2D eigenvalue weighted by Crippen LogP contribution is -2.36. The molecule has 3 saturated heterocycles. The highest BCUT2D eigenvalue weighted by molar-refractivity contribution is 8.07. The summed E-state index contributed by atoms with van der Waals surface area (Å²) in [6, 6.07) is 0. The van der Waals surface area contributed by atoms with E-state index in [4.69, 9.17) is 50.8 Å². The van der Waals surface area contributed by atoms with E-state index in [0.717, 1.165) is 0 Å². The molecule has 43 heavy (non-hydrogen) atoms. The van der Waals surface area contributed by atoms with Crippen LogP contribution in [0.2, 0.25) is 0 Å². The van der Waals surface area contributed by atoms with Gasteiger partial charge in [-0.3, -0.25) is 13.7 Å². The Morgan fingerprint density at radius 2 is 1.42 bits per heavy atom. The van der Waals surface area contributed by atoms with Crippen molar-refractivity contribution in [3.05, 3.63) is 25.3 Å². The lowest BCUT2D eigenvalue weighted by molar-refractivity contribution is -0.0558. The minimum atomic E-state index is -4.21. The van der Waals surface area contributed by atoms with Crippen LogP contribution in [0, 0.1) is 0 Å². The maximum atomic E-state index is 15.9. The molecular formula is C20H21F2N10O8P2S+. The number of fused-ring (bicyclic) bond motifs is 4. The number of hydrogen-bond donors (Lipinski definition) is 3. The molecule has 10 unspecified atom stereocenters. The van der Waals surface area contributed by atoms with Crippen LogP contribution in [0.15, 0.2) is 25.3 Å². The number of hydrogen-bond acceptors (Lipinski definition) is 16. The van der Waals surface area contributed by atoms with Crippen LogP contribution in [0.5, 0.6) is 0 Å². The predicted molar refractivity (Wildman–Crippen MR) is 143 cm³/mol. The van der Waals surface area contributed by atoms with Crippen molar-refractivity contribution < 1.29 is 45.8 Å². The highest BCUT2D eigenvalue weighted by Crippen LogP contribution is 2.52. The van der Waals surface area contributed by atoms with Crippen LogP contribution >= 0.6 is 15.0 Å². The van der Waals surface area contributed by atoms with Crippen molar-refractivity contribution in [2.75, 3.05) is 24.7 Å². The molecule has 0 bridgehead atoms. The Hall–Kier alpha value is -2.97. The number of anilines is 2. The summed E-state index contributed by atoms with van der Waals surface area (Å²) in [5, 5.41) is 0. The molecule has 4 aromatic rings. The molecule has 5 N–H and O–H groups in total. The van der Waals surface area contributed by atoms with Crippen LogP contribution in [0.25, 0.3) is 22.3 Å². The molecule has 18 nitrogen and oxygen atoms in total. The van der Waals surface area contributed by atoms with Crippen molar-refractivity contribution in [2.24, 2.45) is 0 Å². The molecule has 0 aromatic carbocycles. The first-order chi connectivity index (χ1) is 20.6. The van der Waals surface area contributed by atoms with E-state index in [0.29, 0.717) is 0 Å². The summed E-state index contributed by atoms with van der Waals surface area (Å²) in [7, 11) is -3.00. The number of alkyl halides is 2. The van der Waals surface area contributed by atoms with Gasteiger partial charge in [-0.25, -0.2) is 38.7 Å². The Balaban J connectivity index is 1.14. The summed E-state index contributed by atoms with van der Waals surface area (Å²) in [6.07, 6.45) is -7.48. The lowest BCUT2D eigenvalue weighted by atomic mass is 10.1. The molecule has 3 fully saturated rings. The molecule has 4 aromatic heterocycles. The standard InChI is InChI=1S/C20H20F2N10O8P2S/c21-9-13-8(38-19(9)31-5-29-11-15(23)25-3-27-17(11)31)2-36-42(34,43)40-14-7(1-35-41(33)39-13)37-20(10(14)22)32-6-30-12-16(24)26-4-28-18(12)32/h3-10,13-14,19-20H,1-2H2,(H4-,23,24,25,26,27,28,34,43)/p+1. The average Bonchev–Trinajstić information content (AvgIpc) is 3.73. The van der Waals surface area contributed by atoms with Crippen LogP contribution < -0.4 is 11.5 Å². The van der Waals surface area contributed by atoms with Crippen LogP contribution in [0.4, 0.5) is 20.4 Å². The van der Waals surface area contributed by atoms with Crippen molar-refractivity contribution in [1.29, 1.82) is 0 Å². The summed E-state index contributed by atoms with van der Waals surface area (Å²) in [5.74, 6) is 0.133. The van der Waals surface area contributed by atoms with Gasteiger partial charge in [0.2, 0.25) is 0 Å². The molecule has 0 amide bonds. The monoisotopic (exact) mass is 661 g/mol. The van der Waals surface area contributed by atoms with Crippen LogP contribution in [0.1, 0.15) is 12.5 Å². The van der Waals surface area contributed by atoms with Crippen molar-refractivity contribution in [1.82, 2.24) is 39.0 Å². The molecule has 23 heteroatoms. The summed E-state index contributed by atoms with van der Waals surface area (Å²) in [5.41, 5.74) is 12.4. The van der Waals surface area contributed by atoms with Gasteiger partial charge in [0.1, 0.15) is 48.6 Å². The zero-order valence-corrected chi connectivity index (χ0v) is 24.0. The van der Waals surface area contributed by atoms with Gasteiger partial charge in [-0.2, -0.15) is 0 Å². The van der Waals surface area contributed by atoms with Crippen LogP contribution in [-0.4, -0.2) is 93.9 Å². The zero-order valence-electron chi connectivity index (χ0n) is 21.4. The molecule has 7 heterocycles. The summed E-state index contributed by atoms with van der Waals surface area (Å²) in [4.78, 5) is 34.9. The fourth-order valence-corrected chi connectivity index (χ4v) is 7.30. The molecule has 3 aliphatic heterocycles. The lowest BCUT2D eigenvalue weighted by Gasteiger charge is -2.25. The first-order valence-electron chi connectivity index (χ1n) is 12.5. The van der Waals surface area contributed by atoms with E-state index in [-0.39, 0.29) is 34.0 Å². The van der Waals surface area contributed by atoms with Gasteiger partial charge in [0.25, 0.3) is 0 Å². The Morgan fingerprint density at radius 1 is 0.884 bits per heavy atom. The van der Waals surface area contributed by atoms with Gasteiger partial charge < -0.3 is 30.4 Å². The third kappa shape index (κ3) is 5.04. The number of nitrogens with two attached hydrogens (primary N) is 2. The van der Waals surface area contributed by atoms with Crippen molar-refractivity contribution in [3.8, 4) is 0 Å². The Kier molecular flexibility index (Phi) is 7.28. The highest BCUT2D eigenvalue weighted by atomic mass is 32.5. The Labute approximate surface area is 244 Å². The van der Waals surface area contributed by atoms with Gasteiger partial charge in [0, 0.05) is 4.57 Å². The normalized spacial score (nSPS) is 36.3. The Morgan fingerprint density at radius 3 is 2.00 bits per heavy atom. The van der Waals surface area contributed by atoms with E-state index in [1.807, 2.05) is 0 Å². The first-order valence-corrected chi connectivity index (χ1v) is 16.2. The molecule has 0 aliphatic carbocycles. The van der Waals surface area contributed by atoms with Gasteiger partial charge in [0.05, 0.1) is 19.3 Å². The molecule has 228 valence electrons. The van der Waals surface area contributed by atoms with E-state index < -0.39 is 77.4 Å². The largest absolute Gasteiger partial charge is 0.697 e. The average molecular weight is 661 g/mol. The highest BCUT2D eigenvalue weighted by Gasteiger charge is 2.55. The quantitative estimate of drug-likeness (QED) is 0.254. The van der Waals surface area contributed by atoms with Crippen molar-refractivity contribution >= 4 is 60.7 Å². The number of nitrogen functional groups attached to an aromatic ring is 2. The number of imidazole rings is 2. The zero-order chi connectivity index (χ0) is 30.0. The van der Waals surface area contributed by atoms with E-state index in [1.54, 1.807) is 0 Å². The number of rotatable bonds is 2. The second-order valence-electron chi connectivity index (χ2n) is 9.61. The summed E-state index contributed by atoms with van der Waals surface area (Å²) >= 11 is 5.14. The molecule has 3 aliphatic rings. The van der Waals surface area contributed by atoms with E-state index in [9.17, 15) is 9.46 Å². The molecule has 10 atom stereocenters. The van der Waals surface area contributed by atoms with Gasteiger partial charge in [-0.15, -0.1) is 9.05 Å². The minimum Gasteiger partial charge on any atom is -0.382 e. The maximum absolute atomic E-state index is 15.9. The molecule has 0 spiro atoms. The van der Waals surface area contributed by atoms with Gasteiger partial charge in [-0.05, 0) is 11.8 Å². The fraction of sp³-hybridized carbons (Fsp3) is 0.500. The number of aromatic nitrogens is 8. The SMILES string of the molecule is Nc1ncnc2c1ncn2C1OC2COP(O)(=S)OC3C(CO[P+](=O)OC2C1F)OC(n1cnc2c(N)ncnc21)C3F. The maximum Gasteiger partial charge on any atom is 0.697 e. The number of nitrogens with zero attached hydrogens (tertiary/aromatic N) is 8. The van der Waals surface area contributed by atoms with Crippen LogP contribution in [-0.2, 0) is 43.9 Å². The molecule has 7 rings (SSSR count). The third-order valence-corrected chi connectivity index (χ3v) is 9.40. The van der Waals surface area contributed by atoms with Crippen LogP contribution in [0.3, 0.4) is 0 Å². The predicted octanol–water partition coefficient (Wildman–Crippen LogP) is 0.993. The van der Waals surface area contributed by atoms with Crippen molar-refractivity contribution in [2.45, 2.75) is 49.2 Å². The fourth-order valence-electron chi connectivity index (χ4n) is 5.08. The van der Waals surface area contributed by atoms with Gasteiger partial charge in [-0.1, -0.05) is 0 Å². The van der Waals surface area contributed by atoms with E-state index in [2.05, 4.69) is 29.9 Å². The molecular weight excluding hydrogens is 640 g/mol.